The maximum absolute atomic E-state index is 10.1. The van der Waals surface area contributed by atoms with Gasteiger partial charge in [-0.1, -0.05) is 42.5 Å². The van der Waals surface area contributed by atoms with Crippen LogP contribution in [0, 0.1) is 0 Å². The van der Waals surface area contributed by atoms with Crippen molar-refractivity contribution in [3.05, 3.63) is 42.0 Å². The van der Waals surface area contributed by atoms with Crippen LogP contribution < -0.4 is 0 Å². The average molecular weight is 198 g/mol. The zero-order valence-corrected chi connectivity index (χ0v) is 8.01. The Hall–Kier alpha value is -0.890. The summed E-state index contributed by atoms with van der Waals surface area (Å²) in [4.78, 5) is 8.34. The second kappa shape index (κ2) is 5.70. The van der Waals surface area contributed by atoms with Crippen molar-refractivity contribution in [2.24, 2.45) is 0 Å². The van der Waals surface area contributed by atoms with Crippen molar-refractivity contribution < 1.29 is 14.0 Å². The van der Waals surface area contributed by atoms with E-state index in [2.05, 4.69) is 4.52 Å². The van der Waals surface area contributed by atoms with Crippen LogP contribution in [-0.2, 0) is 9.09 Å². The molecule has 0 aliphatic rings. The summed E-state index contributed by atoms with van der Waals surface area (Å²) in [6.07, 6.45) is 3.54. The number of hydrogen-bond donors (Lipinski definition) is 1. The fourth-order valence-electron chi connectivity index (χ4n) is 0.868. The van der Waals surface area contributed by atoms with Gasteiger partial charge >= 0.3 is 8.25 Å². The lowest BCUT2D eigenvalue weighted by Crippen LogP contribution is -1.78. The Morgan fingerprint density at radius 2 is 2.08 bits per heavy atom. The largest absolute Gasteiger partial charge is 0.326 e. The molecule has 3 nitrogen and oxygen atoms in total. The molecule has 1 aromatic rings. The third-order valence-electron chi connectivity index (χ3n) is 1.41. The molecule has 0 bridgehead atoms. The van der Waals surface area contributed by atoms with Crippen molar-refractivity contribution in [2.75, 3.05) is 6.61 Å². The third-order valence-corrected chi connectivity index (χ3v) is 1.83. The van der Waals surface area contributed by atoms with E-state index in [-0.39, 0.29) is 6.61 Å². The molecule has 0 radical (unpaired) electrons. The lowest BCUT2D eigenvalue weighted by atomic mass is 10.2. The lowest BCUT2D eigenvalue weighted by Gasteiger charge is -1.93. The quantitative estimate of drug-likeness (QED) is 0.753. The maximum Gasteiger partial charge on any atom is 0.316 e. The number of benzene rings is 1. The van der Waals surface area contributed by atoms with E-state index in [0.717, 1.165) is 5.56 Å². The highest BCUT2D eigenvalue weighted by molar-refractivity contribution is 7.32. The Morgan fingerprint density at radius 1 is 1.38 bits per heavy atom. The summed E-state index contributed by atoms with van der Waals surface area (Å²) < 4.78 is 14.6. The smallest absolute Gasteiger partial charge is 0.316 e. The summed E-state index contributed by atoms with van der Waals surface area (Å²) in [5.41, 5.74) is 1.05. The first kappa shape index (κ1) is 10.2. The van der Waals surface area contributed by atoms with Gasteiger partial charge in [-0.25, -0.2) is 0 Å². The van der Waals surface area contributed by atoms with Crippen LogP contribution in [0.15, 0.2) is 36.4 Å². The topological polar surface area (TPSA) is 46.5 Å². The van der Waals surface area contributed by atoms with Gasteiger partial charge in [-0.2, -0.15) is 0 Å². The van der Waals surface area contributed by atoms with E-state index < -0.39 is 8.25 Å². The van der Waals surface area contributed by atoms with Gasteiger partial charge < -0.3 is 9.42 Å². The van der Waals surface area contributed by atoms with Crippen molar-refractivity contribution in [1.29, 1.82) is 0 Å². The summed E-state index contributed by atoms with van der Waals surface area (Å²) in [6.45, 7) is 0.170. The van der Waals surface area contributed by atoms with Gasteiger partial charge in [0, 0.05) is 0 Å². The van der Waals surface area contributed by atoms with E-state index in [1.165, 1.54) is 0 Å². The standard InChI is InChI=1S/C9H11O3P/c10-13(11)12-8-4-7-9-5-2-1-3-6-9/h1-7,13H,8H2,(H,10,11). The predicted molar refractivity (Wildman–Crippen MR) is 52.6 cm³/mol. The Kier molecular flexibility index (Phi) is 4.47. The predicted octanol–water partition coefficient (Wildman–Crippen LogP) is 2.10. The van der Waals surface area contributed by atoms with Gasteiger partial charge in [0.25, 0.3) is 0 Å². The minimum atomic E-state index is -2.79. The maximum atomic E-state index is 10.1. The van der Waals surface area contributed by atoms with Crippen molar-refractivity contribution in [3.63, 3.8) is 0 Å². The molecule has 0 aliphatic heterocycles. The van der Waals surface area contributed by atoms with E-state index in [1.807, 2.05) is 36.4 Å². The van der Waals surface area contributed by atoms with Crippen LogP contribution in [0.25, 0.3) is 6.08 Å². The zero-order valence-electron chi connectivity index (χ0n) is 7.01. The second-order valence-corrected chi connectivity index (χ2v) is 3.21. The molecule has 13 heavy (non-hydrogen) atoms. The second-order valence-electron chi connectivity index (χ2n) is 2.39. The third kappa shape index (κ3) is 4.63. The molecule has 0 saturated heterocycles. The van der Waals surface area contributed by atoms with Crippen molar-refractivity contribution in [1.82, 2.24) is 0 Å². The van der Waals surface area contributed by atoms with Gasteiger partial charge in [0.05, 0.1) is 6.61 Å². The highest BCUT2D eigenvalue weighted by Gasteiger charge is 1.87. The van der Waals surface area contributed by atoms with Crippen LogP contribution in [-0.4, -0.2) is 11.5 Å². The summed E-state index contributed by atoms with van der Waals surface area (Å²) in [5.74, 6) is 0. The average Bonchev–Trinajstić information content (AvgIpc) is 2.14. The minimum Gasteiger partial charge on any atom is -0.326 e. The van der Waals surface area contributed by atoms with E-state index in [4.69, 9.17) is 4.89 Å². The molecule has 1 unspecified atom stereocenters. The van der Waals surface area contributed by atoms with Gasteiger partial charge in [0.2, 0.25) is 0 Å². The van der Waals surface area contributed by atoms with Gasteiger partial charge in [-0.15, -0.1) is 0 Å². The lowest BCUT2D eigenvalue weighted by molar-refractivity contribution is 0.313. The van der Waals surface area contributed by atoms with Crippen molar-refractivity contribution >= 4 is 14.3 Å². The molecule has 0 aliphatic carbocycles. The molecule has 70 valence electrons. The molecule has 1 atom stereocenters. The molecule has 1 N–H and O–H groups in total. The molecule has 0 amide bonds. The number of hydrogen-bond acceptors (Lipinski definition) is 2. The van der Waals surface area contributed by atoms with Crippen molar-refractivity contribution in [2.45, 2.75) is 0 Å². The summed E-state index contributed by atoms with van der Waals surface area (Å²) in [5, 5.41) is 0. The highest BCUT2D eigenvalue weighted by Crippen LogP contribution is 2.13. The summed E-state index contributed by atoms with van der Waals surface area (Å²) in [7, 11) is -2.79. The first-order chi connectivity index (χ1) is 6.29. The minimum absolute atomic E-state index is 0.170. The molecule has 0 aromatic heterocycles. The molecule has 0 saturated carbocycles. The van der Waals surface area contributed by atoms with Gasteiger partial charge in [-0.3, -0.25) is 4.57 Å². The van der Waals surface area contributed by atoms with Crippen LogP contribution in [0.3, 0.4) is 0 Å². The van der Waals surface area contributed by atoms with Crippen molar-refractivity contribution in [3.8, 4) is 0 Å². The summed E-state index contributed by atoms with van der Waals surface area (Å²) in [6, 6.07) is 9.67. The molecule has 4 heteroatoms. The molecule has 1 aromatic carbocycles. The van der Waals surface area contributed by atoms with E-state index in [9.17, 15) is 4.57 Å². The molecule has 0 spiro atoms. The Morgan fingerprint density at radius 3 is 2.69 bits per heavy atom. The van der Waals surface area contributed by atoms with Crippen LogP contribution in [0.4, 0.5) is 0 Å². The molecule has 1 rings (SSSR count). The zero-order chi connectivity index (χ0) is 9.52. The van der Waals surface area contributed by atoms with Crippen LogP contribution in [0.5, 0.6) is 0 Å². The molecule has 0 fully saturated rings. The van der Waals surface area contributed by atoms with E-state index in [0.29, 0.717) is 0 Å². The summed E-state index contributed by atoms with van der Waals surface area (Å²) >= 11 is 0. The Bertz CT molecular complexity index is 295. The van der Waals surface area contributed by atoms with Crippen LogP contribution >= 0.6 is 8.25 Å². The first-order valence-corrected chi connectivity index (χ1v) is 5.13. The Labute approximate surface area is 77.6 Å². The van der Waals surface area contributed by atoms with E-state index >= 15 is 0 Å². The fraction of sp³-hybridized carbons (Fsp3) is 0.111. The van der Waals surface area contributed by atoms with Crippen LogP contribution in [0.2, 0.25) is 0 Å². The van der Waals surface area contributed by atoms with Gasteiger partial charge in [0.1, 0.15) is 0 Å². The molecular weight excluding hydrogens is 187 g/mol. The fourth-order valence-corrected chi connectivity index (χ4v) is 1.11. The number of rotatable bonds is 4. The van der Waals surface area contributed by atoms with Gasteiger partial charge in [0.15, 0.2) is 0 Å². The monoisotopic (exact) mass is 198 g/mol. The SMILES string of the molecule is O=[PH](O)OCC=Cc1ccccc1. The molecular formula is C9H11O3P. The highest BCUT2D eigenvalue weighted by atomic mass is 31.1. The van der Waals surface area contributed by atoms with E-state index in [1.54, 1.807) is 6.08 Å². The van der Waals surface area contributed by atoms with Crippen LogP contribution in [0.1, 0.15) is 5.56 Å². The molecule has 0 heterocycles. The van der Waals surface area contributed by atoms with Gasteiger partial charge in [-0.05, 0) is 5.56 Å². The first-order valence-electron chi connectivity index (χ1n) is 3.86. The Balaban J connectivity index is 2.37. The normalized spacial score (nSPS) is 13.3.